The van der Waals surface area contributed by atoms with E-state index in [1.807, 2.05) is 7.05 Å². The van der Waals surface area contributed by atoms with Crippen molar-refractivity contribution in [2.24, 2.45) is 0 Å². The average Bonchev–Trinajstić information content (AvgIpc) is 2.34. The zero-order chi connectivity index (χ0) is 13.7. The number of hydrogen-bond acceptors (Lipinski definition) is 3. The van der Waals surface area contributed by atoms with Crippen LogP contribution in [0.5, 0.6) is 0 Å². The summed E-state index contributed by atoms with van der Waals surface area (Å²) in [6, 6.07) is 6.96. The molecular weight excluding hydrogens is 292 g/mol. The number of rotatable bonds is 6. The van der Waals surface area contributed by atoms with Gasteiger partial charge in [-0.3, -0.25) is 0 Å². The third-order valence-corrected chi connectivity index (χ3v) is 3.66. The third kappa shape index (κ3) is 3.70. The first-order valence-corrected chi connectivity index (χ1v) is 7.14. The highest BCUT2D eigenvalue weighted by atomic mass is 79.9. The minimum absolute atomic E-state index is 0.165. The Morgan fingerprint density at radius 1 is 1.33 bits per heavy atom. The highest BCUT2D eigenvalue weighted by molar-refractivity contribution is 9.10. The van der Waals surface area contributed by atoms with Gasteiger partial charge >= 0.3 is 0 Å². The molecule has 1 atom stereocenters. The average molecular weight is 315 g/mol. The normalized spacial score (nSPS) is 12.8. The van der Waals surface area contributed by atoms with Crippen molar-refractivity contribution in [2.75, 3.05) is 25.1 Å². The van der Waals surface area contributed by atoms with Crippen LogP contribution in [0.1, 0.15) is 32.4 Å². The molecule has 1 aromatic carbocycles. The molecule has 4 heteroatoms. The van der Waals surface area contributed by atoms with Gasteiger partial charge in [-0.05, 0) is 45.5 Å². The Kier molecular flexibility index (Phi) is 6.12. The molecule has 1 aromatic rings. The molecule has 0 aliphatic rings. The summed E-state index contributed by atoms with van der Waals surface area (Å²) in [5.41, 5.74) is 2.43. The van der Waals surface area contributed by atoms with Crippen LogP contribution in [0.15, 0.2) is 22.7 Å². The largest absolute Gasteiger partial charge is 0.395 e. The van der Waals surface area contributed by atoms with Gasteiger partial charge in [0.2, 0.25) is 0 Å². The first kappa shape index (κ1) is 15.5. The number of hydrogen-bond donors (Lipinski definition) is 2. The summed E-state index contributed by atoms with van der Waals surface area (Å²) in [7, 11) is 1.96. The van der Waals surface area contributed by atoms with Crippen molar-refractivity contribution in [1.29, 1.82) is 0 Å². The van der Waals surface area contributed by atoms with E-state index in [9.17, 15) is 5.11 Å². The van der Waals surface area contributed by atoms with Crippen LogP contribution in [0.4, 0.5) is 5.69 Å². The van der Waals surface area contributed by atoms with Crippen molar-refractivity contribution in [3.63, 3.8) is 0 Å². The van der Waals surface area contributed by atoms with E-state index in [0.29, 0.717) is 12.6 Å². The Hall–Kier alpha value is -0.580. The number of nitrogens with one attached hydrogen (secondary N) is 1. The fourth-order valence-corrected chi connectivity index (χ4v) is 2.40. The number of aliphatic hydroxyl groups is 1. The number of benzene rings is 1. The van der Waals surface area contributed by atoms with E-state index in [0.717, 1.165) is 4.47 Å². The summed E-state index contributed by atoms with van der Waals surface area (Å²) in [6.07, 6.45) is 0. The van der Waals surface area contributed by atoms with Crippen LogP contribution in [0.3, 0.4) is 0 Å². The van der Waals surface area contributed by atoms with E-state index < -0.39 is 0 Å². The number of nitrogens with zero attached hydrogens (tertiary/aromatic N) is 1. The predicted molar refractivity (Wildman–Crippen MR) is 81.2 cm³/mol. The van der Waals surface area contributed by atoms with Gasteiger partial charge in [-0.25, -0.2) is 0 Å². The highest BCUT2D eigenvalue weighted by Gasteiger charge is 2.17. The molecule has 0 bridgehead atoms. The second kappa shape index (κ2) is 7.12. The maximum Gasteiger partial charge on any atom is 0.0606 e. The van der Waals surface area contributed by atoms with Gasteiger partial charge in [0.1, 0.15) is 0 Å². The lowest BCUT2D eigenvalue weighted by Gasteiger charge is -2.32. The van der Waals surface area contributed by atoms with Crippen LogP contribution in [0.2, 0.25) is 0 Å². The van der Waals surface area contributed by atoms with Gasteiger partial charge in [0.25, 0.3) is 0 Å². The maximum atomic E-state index is 9.23. The van der Waals surface area contributed by atoms with Crippen LogP contribution in [-0.2, 0) is 0 Å². The van der Waals surface area contributed by atoms with E-state index in [-0.39, 0.29) is 12.6 Å². The summed E-state index contributed by atoms with van der Waals surface area (Å²) in [5, 5.41) is 12.5. The Morgan fingerprint density at radius 3 is 2.50 bits per heavy atom. The first-order valence-electron chi connectivity index (χ1n) is 6.35. The maximum absolute atomic E-state index is 9.23. The van der Waals surface area contributed by atoms with E-state index in [2.05, 4.69) is 65.1 Å². The van der Waals surface area contributed by atoms with Crippen molar-refractivity contribution in [1.82, 2.24) is 5.32 Å². The van der Waals surface area contributed by atoms with Crippen LogP contribution in [-0.4, -0.2) is 31.3 Å². The number of aliphatic hydroxyl groups excluding tert-OH is 1. The number of halogens is 1. The second-order valence-electron chi connectivity index (χ2n) is 4.72. The standard InChI is InChI=1S/C14H23BrN2O/c1-10(2)17(7-8-18)14-9-12(15)5-6-13(14)11(3)16-4/h5-6,9-11,16,18H,7-8H2,1-4H3. The van der Waals surface area contributed by atoms with Gasteiger partial charge in [0.15, 0.2) is 0 Å². The molecule has 0 radical (unpaired) electrons. The third-order valence-electron chi connectivity index (χ3n) is 3.17. The van der Waals surface area contributed by atoms with Crippen molar-refractivity contribution in [2.45, 2.75) is 32.9 Å². The van der Waals surface area contributed by atoms with E-state index >= 15 is 0 Å². The molecule has 0 aliphatic heterocycles. The lowest BCUT2D eigenvalue weighted by Crippen LogP contribution is -2.34. The van der Waals surface area contributed by atoms with Gasteiger partial charge in [0.05, 0.1) is 6.61 Å². The van der Waals surface area contributed by atoms with E-state index in [1.54, 1.807) is 0 Å². The molecule has 0 saturated carbocycles. The summed E-state index contributed by atoms with van der Waals surface area (Å²) >= 11 is 3.53. The zero-order valence-electron chi connectivity index (χ0n) is 11.6. The monoisotopic (exact) mass is 314 g/mol. The molecule has 1 rings (SSSR count). The fourth-order valence-electron chi connectivity index (χ4n) is 2.05. The molecule has 3 nitrogen and oxygen atoms in total. The molecule has 1 unspecified atom stereocenters. The van der Waals surface area contributed by atoms with Crippen LogP contribution < -0.4 is 10.2 Å². The second-order valence-corrected chi connectivity index (χ2v) is 5.64. The summed E-state index contributed by atoms with van der Waals surface area (Å²) in [5.74, 6) is 0. The Morgan fingerprint density at radius 2 is 2.00 bits per heavy atom. The molecule has 0 fully saturated rings. The molecule has 0 amide bonds. The van der Waals surface area contributed by atoms with Gasteiger partial charge in [-0.15, -0.1) is 0 Å². The molecule has 0 spiro atoms. The van der Waals surface area contributed by atoms with Gasteiger partial charge in [0, 0.05) is 28.8 Å². The first-order chi connectivity index (χ1) is 8.51. The number of anilines is 1. The van der Waals surface area contributed by atoms with Gasteiger partial charge < -0.3 is 15.3 Å². The molecule has 0 heterocycles. The summed E-state index contributed by atoms with van der Waals surface area (Å²) in [6.45, 7) is 7.24. The van der Waals surface area contributed by atoms with Crippen molar-refractivity contribution < 1.29 is 5.11 Å². The fraction of sp³-hybridized carbons (Fsp3) is 0.571. The Balaban J connectivity index is 3.21. The Bertz CT molecular complexity index is 382. The molecule has 102 valence electrons. The Labute approximate surface area is 118 Å². The van der Waals surface area contributed by atoms with Crippen LogP contribution in [0, 0.1) is 0 Å². The minimum Gasteiger partial charge on any atom is -0.395 e. The molecule has 2 N–H and O–H groups in total. The topological polar surface area (TPSA) is 35.5 Å². The van der Waals surface area contributed by atoms with Crippen molar-refractivity contribution in [3.05, 3.63) is 28.2 Å². The van der Waals surface area contributed by atoms with Crippen molar-refractivity contribution in [3.8, 4) is 0 Å². The highest BCUT2D eigenvalue weighted by Crippen LogP contribution is 2.30. The van der Waals surface area contributed by atoms with Crippen LogP contribution in [0.25, 0.3) is 0 Å². The predicted octanol–water partition coefficient (Wildman–Crippen LogP) is 2.94. The molecule has 0 saturated heterocycles. The van der Waals surface area contributed by atoms with E-state index in [1.165, 1.54) is 11.3 Å². The molecule has 0 aliphatic carbocycles. The lowest BCUT2D eigenvalue weighted by atomic mass is 10.0. The zero-order valence-corrected chi connectivity index (χ0v) is 13.2. The molecule has 0 aromatic heterocycles. The smallest absolute Gasteiger partial charge is 0.0606 e. The molecular formula is C14H23BrN2O. The molecule has 18 heavy (non-hydrogen) atoms. The van der Waals surface area contributed by atoms with Crippen LogP contribution >= 0.6 is 15.9 Å². The summed E-state index contributed by atoms with van der Waals surface area (Å²) < 4.78 is 1.06. The lowest BCUT2D eigenvalue weighted by molar-refractivity contribution is 0.299. The van der Waals surface area contributed by atoms with E-state index in [4.69, 9.17) is 0 Å². The van der Waals surface area contributed by atoms with Gasteiger partial charge in [-0.2, -0.15) is 0 Å². The van der Waals surface area contributed by atoms with Gasteiger partial charge in [-0.1, -0.05) is 22.0 Å². The van der Waals surface area contributed by atoms with Crippen molar-refractivity contribution >= 4 is 21.6 Å². The minimum atomic E-state index is 0.165. The SMILES string of the molecule is CNC(C)c1ccc(Br)cc1N(CCO)C(C)C. The quantitative estimate of drug-likeness (QED) is 0.847. The summed E-state index contributed by atoms with van der Waals surface area (Å²) in [4.78, 5) is 2.23.